The number of hydrogen-bond donors (Lipinski definition) is 0. The van der Waals surface area contributed by atoms with Crippen LogP contribution in [0.2, 0.25) is 0 Å². The van der Waals surface area contributed by atoms with Crippen LogP contribution in [0, 0.1) is 17.2 Å². The average molecular weight is 515 g/mol. The summed E-state index contributed by atoms with van der Waals surface area (Å²) in [4.78, 5) is 14.8. The first-order valence-electron chi connectivity index (χ1n) is 11.8. The average Bonchev–Trinajstić information content (AvgIpc) is 3.32. The maximum absolute atomic E-state index is 13.2. The van der Waals surface area contributed by atoms with Crippen LogP contribution >= 0.6 is 0 Å². The van der Waals surface area contributed by atoms with Gasteiger partial charge in [-0.05, 0) is 50.5 Å². The molecular formula is C25H33F3N2O4S. The van der Waals surface area contributed by atoms with Crippen molar-refractivity contribution in [1.29, 1.82) is 5.26 Å². The molecule has 1 aliphatic heterocycles. The lowest BCUT2D eigenvalue weighted by molar-refractivity contribution is -0.224. The molecule has 1 aliphatic carbocycles. The van der Waals surface area contributed by atoms with E-state index < -0.39 is 29.2 Å². The molecule has 1 amide bonds. The van der Waals surface area contributed by atoms with Crippen molar-refractivity contribution in [3.8, 4) is 11.8 Å². The molecule has 0 saturated carbocycles. The second-order valence-corrected chi connectivity index (χ2v) is 10.0. The number of ether oxygens (including phenoxy) is 2. The second kappa shape index (κ2) is 13.1. The molecule has 6 nitrogen and oxygen atoms in total. The first-order valence-corrected chi connectivity index (χ1v) is 13.4. The highest BCUT2D eigenvalue weighted by Crippen LogP contribution is 2.32. The van der Waals surface area contributed by atoms with Gasteiger partial charge in [0.15, 0.2) is 6.10 Å². The third-order valence-corrected chi connectivity index (χ3v) is 7.20. The molecule has 2 aliphatic rings. The number of likely N-dealkylation sites (tertiary alicyclic amines) is 1. The third kappa shape index (κ3) is 8.07. The van der Waals surface area contributed by atoms with Gasteiger partial charge in [-0.15, -0.1) is 0 Å². The molecule has 1 heterocycles. The standard InChI is InChI=1S/C23H27F3N2O4S.C2H6/c1-15(23(24,25)26)32-21-8-7-19(33(2)30)11-20(21)22(29)28-10-9-17(13-28)14-31-18-5-3-16(12-27)4-6-18;1-2/h3-6,11,15,17,19,21H,7-10,13-14H2,1-2H3;1-2H3/t15-,17?,19?,21?,33?;/m0./s1. The Morgan fingerprint density at radius 3 is 2.46 bits per heavy atom. The fraction of sp³-hybridized carbons (Fsp3) is 0.600. The third-order valence-electron chi connectivity index (χ3n) is 5.97. The highest BCUT2D eigenvalue weighted by molar-refractivity contribution is 7.85. The molecule has 0 radical (unpaired) electrons. The van der Waals surface area contributed by atoms with Gasteiger partial charge < -0.3 is 14.4 Å². The fourth-order valence-corrected chi connectivity index (χ4v) is 4.78. The highest BCUT2D eigenvalue weighted by atomic mass is 32.2. The number of carbonyl (C=O) groups excluding carboxylic acids is 1. The Hall–Kier alpha value is -2.38. The normalized spacial score (nSPS) is 23.9. The van der Waals surface area contributed by atoms with Gasteiger partial charge in [0.05, 0.1) is 29.6 Å². The Balaban J connectivity index is 0.00000210. The molecule has 4 unspecified atom stereocenters. The summed E-state index contributed by atoms with van der Waals surface area (Å²) in [6.07, 6.45) is -3.15. The molecule has 0 N–H and O–H groups in total. The number of benzene rings is 1. The van der Waals surface area contributed by atoms with Crippen LogP contribution in [0.1, 0.15) is 45.6 Å². The molecule has 0 spiro atoms. The summed E-state index contributed by atoms with van der Waals surface area (Å²) in [5.74, 6) is 0.320. The van der Waals surface area contributed by atoms with Crippen LogP contribution in [0.4, 0.5) is 13.2 Å². The van der Waals surface area contributed by atoms with Crippen molar-refractivity contribution in [3.63, 3.8) is 0 Å². The van der Waals surface area contributed by atoms with E-state index in [0.717, 1.165) is 6.92 Å². The number of carbonyl (C=O) groups is 1. The van der Waals surface area contributed by atoms with E-state index in [0.29, 0.717) is 43.9 Å². The quantitative estimate of drug-likeness (QED) is 0.531. The Morgan fingerprint density at radius 1 is 1.23 bits per heavy atom. The van der Waals surface area contributed by atoms with Crippen molar-refractivity contribution in [2.45, 2.75) is 63.7 Å². The highest BCUT2D eigenvalue weighted by Gasteiger charge is 2.42. The zero-order valence-electron chi connectivity index (χ0n) is 20.5. The lowest BCUT2D eigenvalue weighted by Gasteiger charge is -2.32. The van der Waals surface area contributed by atoms with E-state index in [2.05, 4.69) is 0 Å². The SMILES string of the molecule is CC.C[C@H](OC1CCC(S(C)=O)C=C1C(=O)N1CCC(COc2ccc(C#N)cc2)C1)C(F)(F)F. The van der Waals surface area contributed by atoms with Crippen molar-refractivity contribution in [2.24, 2.45) is 5.92 Å². The van der Waals surface area contributed by atoms with E-state index in [4.69, 9.17) is 14.7 Å². The van der Waals surface area contributed by atoms with Crippen molar-refractivity contribution >= 4 is 16.7 Å². The monoisotopic (exact) mass is 514 g/mol. The summed E-state index contributed by atoms with van der Waals surface area (Å²) < 4.78 is 62.1. The van der Waals surface area contributed by atoms with E-state index in [9.17, 15) is 22.2 Å². The Kier molecular flexibility index (Phi) is 10.8. The summed E-state index contributed by atoms with van der Waals surface area (Å²) in [5.41, 5.74) is 0.690. The van der Waals surface area contributed by atoms with Crippen molar-refractivity contribution in [3.05, 3.63) is 41.5 Å². The molecule has 0 bridgehead atoms. The van der Waals surface area contributed by atoms with E-state index in [1.807, 2.05) is 19.9 Å². The molecule has 1 aromatic carbocycles. The zero-order chi connectivity index (χ0) is 26.2. The van der Waals surface area contributed by atoms with E-state index in [1.165, 1.54) is 12.3 Å². The molecule has 0 aromatic heterocycles. The Bertz CT molecular complexity index is 944. The van der Waals surface area contributed by atoms with Gasteiger partial charge in [-0.2, -0.15) is 18.4 Å². The summed E-state index contributed by atoms with van der Waals surface area (Å²) in [6.45, 7) is 6.17. The Morgan fingerprint density at radius 2 is 1.89 bits per heavy atom. The minimum absolute atomic E-state index is 0.0679. The van der Waals surface area contributed by atoms with Crippen LogP contribution in [0.3, 0.4) is 0 Å². The Labute approximate surface area is 207 Å². The first-order chi connectivity index (χ1) is 16.6. The molecule has 1 fully saturated rings. The predicted octanol–water partition coefficient (Wildman–Crippen LogP) is 4.62. The predicted molar refractivity (Wildman–Crippen MR) is 128 cm³/mol. The summed E-state index contributed by atoms with van der Waals surface area (Å²) in [7, 11) is -1.23. The number of hydrogen-bond acceptors (Lipinski definition) is 5. The van der Waals surface area contributed by atoms with E-state index >= 15 is 0 Å². The maximum atomic E-state index is 13.2. The van der Waals surface area contributed by atoms with Gasteiger partial charge in [-0.25, -0.2) is 0 Å². The number of rotatable bonds is 7. The molecule has 194 valence electrons. The maximum Gasteiger partial charge on any atom is 0.414 e. The smallest absolute Gasteiger partial charge is 0.414 e. The van der Waals surface area contributed by atoms with Crippen LogP contribution in [-0.2, 0) is 20.3 Å². The zero-order valence-corrected chi connectivity index (χ0v) is 21.3. The number of halogens is 3. The molecule has 5 atom stereocenters. The molecule has 3 rings (SSSR count). The summed E-state index contributed by atoms with van der Waals surface area (Å²) >= 11 is 0. The summed E-state index contributed by atoms with van der Waals surface area (Å²) in [5, 5.41) is 8.47. The molecule has 35 heavy (non-hydrogen) atoms. The number of alkyl halides is 3. The van der Waals surface area contributed by atoms with E-state index in [1.54, 1.807) is 29.2 Å². The van der Waals surface area contributed by atoms with Crippen molar-refractivity contribution in [2.75, 3.05) is 26.0 Å². The minimum atomic E-state index is -4.53. The van der Waals surface area contributed by atoms with Crippen LogP contribution < -0.4 is 4.74 Å². The number of amides is 1. The van der Waals surface area contributed by atoms with Gasteiger partial charge in [0.25, 0.3) is 5.91 Å². The van der Waals surface area contributed by atoms with Gasteiger partial charge in [0, 0.05) is 41.6 Å². The van der Waals surface area contributed by atoms with Gasteiger partial charge >= 0.3 is 6.18 Å². The molecule has 1 aromatic rings. The van der Waals surface area contributed by atoms with Gasteiger partial charge in [0.2, 0.25) is 0 Å². The first kappa shape index (κ1) is 28.9. The fourth-order valence-electron chi connectivity index (χ4n) is 3.97. The van der Waals surface area contributed by atoms with Crippen molar-refractivity contribution < 1.29 is 31.6 Å². The number of nitrogens with zero attached hydrogens (tertiary/aromatic N) is 2. The van der Waals surface area contributed by atoms with Crippen LogP contribution in [0.25, 0.3) is 0 Å². The second-order valence-electron chi connectivity index (χ2n) is 8.40. The largest absolute Gasteiger partial charge is 0.493 e. The van der Waals surface area contributed by atoms with Gasteiger partial charge in [-0.1, -0.05) is 19.9 Å². The van der Waals surface area contributed by atoms with E-state index in [-0.39, 0.29) is 29.1 Å². The van der Waals surface area contributed by atoms with Crippen LogP contribution in [0.15, 0.2) is 35.9 Å². The number of nitriles is 1. The molecular weight excluding hydrogens is 481 g/mol. The summed E-state index contributed by atoms with van der Waals surface area (Å²) in [6, 6.07) is 8.77. The van der Waals surface area contributed by atoms with Crippen molar-refractivity contribution in [1.82, 2.24) is 4.90 Å². The lowest BCUT2D eigenvalue weighted by atomic mass is 9.94. The van der Waals surface area contributed by atoms with Crippen LogP contribution in [-0.4, -0.2) is 64.6 Å². The molecule has 10 heteroatoms. The lowest BCUT2D eigenvalue weighted by Crippen LogP contribution is -2.41. The van der Waals surface area contributed by atoms with Gasteiger partial charge in [-0.3, -0.25) is 9.00 Å². The van der Waals surface area contributed by atoms with Crippen LogP contribution in [0.5, 0.6) is 5.75 Å². The van der Waals surface area contributed by atoms with Gasteiger partial charge in [0.1, 0.15) is 5.75 Å². The minimum Gasteiger partial charge on any atom is -0.493 e. The topological polar surface area (TPSA) is 79.6 Å². The molecule has 1 saturated heterocycles.